The number of aryl methyl sites for hydroxylation is 1. The predicted octanol–water partition coefficient (Wildman–Crippen LogP) is 2.80. The first-order chi connectivity index (χ1) is 13.5. The maximum absolute atomic E-state index is 13.0. The largest absolute Gasteiger partial charge is 0.441 e. The zero-order valence-electron chi connectivity index (χ0n) is 15.5. The van der Waals surface area contributed by atoms with E-state index in [1.54, 1.807) is 47.1 Å². The number of oxazole rings is 1. The number of halogens is 1. The van der Waals surface area contributed by atoms with E-state index in [4.69, 9.17) is 4.42 Å². The topological polar surface area (TPSA) is 66.7 Å². The first kappa shape index (κ1) is 18.2. The molecule has 28 heavy (non-hydrogen) atoms. The van der Waals surface area contributed by atoms with Gasteiger partial charge in [-0.2, -0.15) is 0 Å². The van der Waals surface area contributed by atoms with Gasteiger partial charge in [0.2, 0.25) is 5.91 Å². The van der Waals surface area contributed by atoms with Crippen LogP contribution in [0, 0.1) is 12.7 Å². The van der Waals surface area contributed by atoms with E-state index in [0.717, 1.165) is 5.56 Å². The summed E-state index contributed by atoms with van der Waals surface area (Å²) < 4.78 is 18.4. The molecule has 1 fully saturated rings. The van der Waals surface area contributed by atoms with Crippen LogP contribution in [-0.4, -0.2) is 52.8 Å². The molecular weight excluding hydrogens is 361 g/mol. The van der Waals surface area contributed by atoms with E-state index in [-0.39, 0.29) is 24.1 Å². The molecule has 1 aromatic heterocycles. The summed E-state index contributed by atoms with van der Waals surface area (Å²) in [6, 6.07) is 11.2. The Labute approximate surface area is 161 Å². The molecule has 0 unspecified atom stereocenters. The van der Waals surface area contributed by atoms with Crippen LogP contribution in [0.1, 0.15) is 21.8 Å². The lowest BCUT2D eigenvalue weighted by Crippen LogP contribution is -2.51. The van der Waals surface area contributed by atoms with E-state index < -0.39 is 0 Å². The van der Waals surface area contributed by atoms with E-state index in [9.17, 15) is 14.0 Å². The summed E-state index contributed by atoms with van der Waals surface area (Å²) in [6.07, 6.45) is 0.233. The minimum absolute atomic E-state index is 0.0156. The van der Waals surface area contributed by atoms with Gasteiger partial charge >= 0.3 is 0 Å². The monoisotopic (exact) mass is 381 g/mol. The summed E-state index contributed by atoms with van der Waals surface area (Å²) >= 11 is 0. The number of hydrogen-bond acceptors (Lipinski definition) is 4. The van der Waals surface area contributed by atoms with Gasteiger partial charge in [0.05, 0.1) is 6.42 Å². The Morgan fingerprint density at radius 2 is 1.71 bits per heavy atom. The Bertz CT molecular complexity index is 1020. The molecule has 1 aliphatic heterocycles. The van der Waals surface area contributed by atoms with Gasteiger partial charge in [0, 0.05) is 38.7 Å². The summed E-state index contributed by atoms with van der Waals surface area (Å²) in [4.78, 5) is 33.0. The van der Waals surface area contributed by atoms with Gasteiger partial charge in [0.15, 0.2) is 11.5 Å². The van der Waals surface area contributed by atoms with Crippen LogP contribution in [0.2, 0.25) is 0 Å². The maximum Gasteiger partial charge on any atom is 0.254 e. The van der Waals surface area contributed by atoms with Crippen molar-refractivity contribution >= 4 is 22.9 Å². The molecule has 7 heteroatoms. The number of rotatable bonds is 3. The summed E-state index contributed by atoms with van der Waals surface area (Å²) in [5.74, 6) is 0.154. The Kier molecular flexibility index (Phi) is 4.81. The molecule has 2 aromatic carbocycles. The number of carbonyl (C=O) groups excluding carboxylic acids is 2. The fourth-order valence-electron chi connectivity index (χ4n) is 3.41. The lowest BCUT2D eigenvalue weighted by Gasteiger charge is -2.35. The third-order valence-electron chi connectivity index (χ3n) is 4.93. The van der Waals surface area contributed by atoms with Crippen LogP contribution >= 0.6 is 0 Å². The van der Waals surface area contributed by atoms with E-state index in [2.05, 4.69) is 4.98 Å². The number of nitrogens with zero attached hydrogens (tertiary/aromatic N) is 3. The molecule has 0 radical (unpaired) electrons. The van der Waals surface area contributed by atoms with E-state index in [1.807, 2.05) is 0 Å². The molecule has 4 rings (SSSR count). The molecule has 6 nitrogen and oxygen atoms in total. The van der Waals surface area contributed by atoms with Crippen LogP contribution in [0.4, 0.5) is 4.39 Å². The van der Waals surface area contributed by atoms with Gasteiger partial charge in [-0.3, -0.25) is 9.59 Å². The minimum Gasteiger partial charge on any atom is -0.441 e. The molecular formula is C21H20FN3O3. The summed E-state index contributed by atoms with van der Waals surface area (Å²) in [7, 11) is 0. The number of benzene rings is 2. The van der Waals surface area contributed by atoms with Crippen molar-refractivity contribution < 1.29 is 18.4 Å². The lowest BCUT2D eigenvalue weighted by molar-refractivity contribution is -0.131. The Morgan fingerprint density at radius 3 is 2.43 bits per heavy atom. The van der Waals surface area contributed by atoms with Gasteiger partial charge < -0.3 is 14.2 Å². The van der Waals surface area contributed by atoms with Gasteiger partial charge in [0.1, 0.15) is 11.3 Å². The van der Waals surface area contributed by atoms with Gasteiger partial charge in [0.25, 0.3) is 5.91 Å². The van der Waals surface area contributed by atoms with Crippen molar-refractivity contribution in [3.05, 3.63) is 65.3 Å². The second kappa shape index (κ2) is 7.42. The average molecular weight is 381 g/mol. The fraction of sp³-hybridized carbons (Fsp3) is 0.286. The third kappa shape index (κ3) is 3.74. The Hall–Kier alpha value is -3.22. The molecule has 1 aliphatic rings. The van der Waals surface area contributed by atoms with Gasteiger partial charge in [-0.25, -0.2) is 9.37 Å². The van der Waals surface area contributed by atoms with Crippen molar-refractivity contribution in [1.82, 2.24) is 14.8 Å². The number of amides is 2. The van der Waals surface area contributed by atoms with Crippen LogP contribution in [0.5, 0.6) is 0 Å². The van der Waals surface area contributed by atoms with Gasteiger partial charge in [-0.15, -0.1) is 0 Å². The quantitative estimate of drug-likeness (QED) is 0.700. The molecule has 3 aromatic rings. The van der Waals surface area contributed by atoms with Crippen molar-refractivity contribution in [2.75, 3.05) is 26.2 Å². The Balaban J connectivity index is 1.36. The van der Waals surface area contributed by atoms with Crippen LogP contribution in [-0.2, 0) is 11.2 Å². The molecule has 0 saturated carbocycles. The van der Waals surface area contributed by atoms with E-state index >= 15 is 0 Å². The lowest BCUT2D eigenvalue weighted by atomic mass is 10.1. The summed E-state index contributed by atoms with van der Waals surface area (Å²) in [5.41, 5.74) is 2.66. The fourth-order valence-corrected chi connectivity index (χ4v) is 3.41. The number of piperazine rings is 1. The Morgan fingerprint density at radius 1 is 1.04 bits per heavy atom. The van der Waals surface area contributed by atoms with Crippen LogP contribution in [0.25, 0.3) is 11.1 Å². The first-order valence-corrected chi connectivity index (χ1v) is 9.18. The second-order valence-electron chi connectivity index (χ2n) is 6.89. The van der Waals surface area contributed by atoms with Crippen molar-refractivity contribution in [3.8, 4) is 0 Å². The highest BCUT2D eigenvalue weighted by Crippen LogP contribution is 2.18. The molecule has 0 atom stereocenters. The molecule has 2 amide bonds. The van der Waals surface area contributed by atoms with Crippen molar-refractivity contribution in [3.63, 3.8) is 0 Å². The normalized spacial score (nSPS) is 14.5. The highest BCUT2D eigenvalue weighted by molar-refractivity contribution is 5.97. The molecule has 0 N–H and O–H groups in total. The van der Waals surface area contributed by atoms with Crippen molar-refractivity contribution in [1.29, 1.82) is 0 Å². The van der Waals surface area contributed by atoms with Gasteiger partial charge in [-0.05, 0) is 35.9 Å². The number of carbonyl (C=O) groups is 2. The maximum atomic E-state index is 13.0. The van der Waals surface area contributed by atoms with Crippen LogP contribution in [0.3, 0.4) is 0 Å². The highest BCUT2D eigenvalue weighted by atomic mass is 19.1. The standard InChI is InChI=1S/C21H20FN3O3/c1-14-23-18-13-16(4-7-19(18)28-14)21(27)25-10-8-24(9-11-25)20(26)12-15-2-5-17(22)6-3-15/h2-7,13H,8-12H2,1H3. The SMILES string of the molecule is Cc1nc2cc(C(=O)N3CCN(C(=O)Cc4ccc(F)cc4)CC3)ccc2o1. The molecule has 0 aliphatic carbocycles. The smallest absolute Gasteiger partial charge is 0.254 e. The van der Waals surface area contributed by atoms with Crippen LogP contribution in [0.15, 0.2) is 46.9 Å². The molecule has 2 heterocycles. The summed E-state index contributed by atoms with van der Waals surface area (Å²) in [6.45, 7) is 3.69. The van der Waals surface area contributed by atoms with E-state index in [1.165, 1.54) is 12.1 Å². The average Bonchev–Trinajstić information content (AvgIpc) is 3.08. The van der Waals surface area contributed by atoms with Crippen molar-refractivity contribution in [2.24, 2.45) is 0 Å². The molecule has 0 bridgehead atoms. The number of hydrogen-bond donors (Lipinski definition) is 0. The zero-order valence-corrected chi connectivity index (χ0v) is 15.5. The number of aromatic nitrogens is 1. The summed E-state index contributed by atoms with van der Waals surface area (Å²) in [5, 5.41) is 0. The van der Waals surface area contributed by atoms with Crippen LogP contribution < -0.4 is 0 Å². The first-order valence-electron chi connectivity index (χ1n) is 9.18. The number of fused-ring (bicyclic) bond motifs is 1. The third-order valence-corrected chi connectivity index (χ3v) is 4.93. The minimum atomic E-state index is -0.317. The zero-order chi connectivity index (χ0) is 19.7. The molecule has 0 spiro atoms. The molecule has 1 saturated heterocycles. The molecule has 144 valence electrons. The highest BCUT2D eigenvalue weighted by Gasteiger charge is 2.25. The predicted molar refractivity (Wildman–Crippen MR) is 101 cm³/mol. The second-order valence-corrected chi connectivity index (χ2v) is 6.89. The van der Waals surface area contributed by atoms with Crippen molar-refractivity contribution in [2.45, 2.75) is 13.3 Å². The van der Waals surface area contributed by atoms with Gasteiger partial charge in [-0.1, -0.05) is 12.1 Å². The van der Waals surface area contributed by atoms with E-state index in [0.29, 0.717) is 48.7 Å².